The van der Waals surface area contributed by atoms with Gasteiger partial charge in [0.05, 0.1) is 41.2 Å². The van der Waals surface area contributed by atoms with E-state index in [0.29, 0.717) is 6.61 Å². The van der Waals surface area contributed by atoms with Gasteiger partial charge in [-0.15, -0.1) is 12.4 Å². The number of methoxy groups -OCH3 is 4. The molecule has 33 heavy (non-hydrogen) atoms. The topological polar surface area (TPSA) is 49.4 Å². The number of hydrogen-bond acceptors (Lipinski definition) is 6. The largest absolute Gasteiger partial charge is 0.493 e. The first-order valence-corrected chi connectivity index (χ1v) is 11.2. The van der Waals surface area contributed by atoms with Crippen molar-refractivity contribution in [2.24, 2.45) is 0 Å². The zero-order chi connectivity index (χ0) is 22.9. The Morgan fingerprint density at radius 3 is 2.09 bits per heavy atom. The Morgan fingerprint density at radius 1 is 0.879 bits per heavy atom. The highest BCUT2D eigenvalue weighted by molar-refractivity contribution is 5.85. The average Bonchev–Trinajstić information content (AvgIpc) is 2.81. The van der Waals surface area contributed by atoms with Crippen molar-refractivity contribution in [2.45, 2.75) is 44.8 Å². The second-order valence-electron chi connectivity index (χ2n) is 9.27. The second kappa shape index (κ2) is 10.4. The molecular weight excluding hydrogens is 442 g/mol. The Morgan fingerprint density at radius 2 is 1.45 bits per heavy atom. The molecule has 7 heteroatoms. The van der Waals surface area contributed by atoms with Crippen LogP contribution in [0.4, 0.5) is 0 Å². The van der Waals surface area contributed by atoms with Gasteiger partial charge in [0.1, 0.15) is 0 Å². The Kier molecular flexibility index (Phi) is 8.04. The minimum absolute atomic E-state index is 0. The molecule has 182 valence electrons. The molecule has 2 heterocycles. The third kappa shape index (κ3) is 5.03. The predicted octanol–water partition coefficient (Wildman–Crippen LogP) is 4.94. The van der Waals surface area contributed by atoms with Crippen molar-refractivity contribution in [2.75, 3.05) is 48.1 Å². The molecule has 2 aliphatic heterocycles. The summed E-state index contributed by atoms with van der Waals surface area (Å²) in [4.78, 5) is 2.50. The van der Waals surface area contributed by atoms with Crippen molar-refractivity contribution in [1.82, 2.24) is 4.90 Å². The van der Waals surface area contributed by atoms with Crippen LogP contribution in [0.25, 0.3) is 0 Å². The molecule has 1 unspecified atom stereocenters. The lowest BCUT2D eigenvalue weighted by Gasteiger charge is -2.39. The van der Waals surface area contributed by atoms with Gasteiger partial charge in [-0.25, -0.2) is 0 Å². The number of halogens is 1. The normalized spacial score (nSPS) is 19.0. The van der Waals surface area contributed by atoms with Crippen molar-refractivity contribution < 1.29 is 23.7 Å². The first kappa shape index (κ1) is 25.5. The van der Waals surface area contributed by atoms with E-state index in [9.17, 15) is 0 Å². The van der Waals surface area contributed by atoms with Gasteiger partial charge in [-0.05, 0) is 59.4 Å². The summed E-state index contributed by atoms with van der Waals surface area (Å²) in [6.07, 6.45) is 1.99. The molecule has 0 saturated heterocycles. The summed E-state index contributed by atoms with van der Waals surface area (Å²) in [6.45, 7) is 8.03. The lowest BCUT2D eigenvalue weighted by atomic mass is 9.78. The highest BCUT2D eigenvalue weighted by Gasteiger charge is 2.35. The van der Waals surface area contributed by atoms with E-state index in [4.69, 9.17) is 23.7 Å². The molecule has 0 aromatic heterocycles. The highest BCUT2D eigenvalue weighted by Crippen LogP contribution is 2.44. The summed E-state index contributed by atoms with van der Waals surface area (Å²) >= 11 is 0. The Hall–Kier alpha value is -2.15. The van der Waals surface area contributed by atoms with Gasteiger partial charge in [-0.3, -0.25) is 4.90 Å². The van der Waals surface area contributed by atoms with E-state index in [1.165, 1.54) is 22.3 Å². The number of ether oxygens (including phenoxy) is 5. The van der Waals surface area contributed by atoms with Crippen LogP contribution in [0.15, 0.2) is 24.3 Å². The van der Waals surface area contributed by atoms with Gasteiger partial charge in [-0.2, -0.15) is 0 Å². The van der Waals surface area contributed by atoms with Gasteiger partial charge < -0.3 is 23.7 Å². The maximum Gasteiger partial charge on any atom is 0.161 e. The summed E-state index contributed by atoms with van der Waals surface area (Å²) in [5.74, 6) is 3.13. The van der Waals surface area contributed by atoms with Gasteiger partial charge in [0.25, 0.3) is 0 Å². The maximum absolute atomic E-state index is 6.36. The molecule has 0 fully saturated rings. The van der Waals surface area contributed by atoms with Crippen LogP contribution in [0, 0.1) is 0 Å². The third-order valence-electron chi connectivity index (χ3n) is 6.78. The van der Waals surface area contributed by atoms with Crippen molar-refractivity contribution in [3.8, 4) is 23.0 Å². The molecule has 2 aromatic rings. The van der Waals surface area contributed by atoms with Crippen LogP contribution >= 0.6 is 12.4 Å². The molecule has 0 radical (unpaired) electrons. The number of hydrogen-bond donors (Lipinski definition) is 0. The fourth-order valence-electron chi connectivity index (χ4n) is 4.89. The average molecular weight is 478 g/mol. The minimum Gasteiger partial charge on any atom is -0.493 e. The fraction of sp³-hybridized carbons (Fsp3) is 0.538. The van der Waals surface area contributed by atoms with Crippen LogP contribution in [0.3, 0.4) is 0 Å². The maximum atomic E-state index is 6.36. The number of benzene rings is 2. The van der Waals surface area contributed by atoms with E-state index in [1.807, 2.05) is 0 Å². The zero-order valence-electron chi connectivity index (χ0n) is 20.5. The molecule has 0 amide bonds. The van der Waals surface area contributed by atoms with Gasteiger partial charge in [-0.1, -0.05) is 13.8 Å². The van der Waals surface area contributed by atoms with Crippen LogP contribution in [-0.4, -0.2) is 53.0 Å². The van der Waals surface area contributed by atoms with Gasteiger partial charge in [0.2, 0.25) is 0 Å². The van der Waals surface area contributed by atoms with Crippen LogP contribution in [0.2, 0.25) is 0 Å². The molecule has 0 N–H and O–H groups in total. The van der Waals surface area contributed by atoms with E-state index in [2.05, 4.69) is 43.0 Å². The second-order valence-corrected chi connectivity index (χ2v) is 9.27. The molecule has 0 spiro atoms. The highest BCUT2D eigenvalue weighted by atomic mass is 35.5. The molecule has 2 aromatic carbocycles. The molecule has 0 bridgehead atoms. The van der Waals surface area contributed by atoms with E-state index in [1.54, 1.807) is 28.4 Å². The molecule has 0 aliphatic carbocycles. The Balaban J connectivity index is 0.00000306. The molecule has 0 saturated carbocycles. The Labute approximate surface area is 203 Å². The van der Waals surface area contributed by atoms with E-state index in [0.717, 1.165) is 55.5 Å². The standard InChI is InChI=1S/C26H35NO5.ClH/c1-26(2)16-32-21(19-13-24(30-5)25(31-6)14-20(19)26)8-10-27-9-7-17-11-22(28-3)23(29-4)12-18(17)15-27;/h11-14,21H,7-10,15-16H2,1-6H3;1H. The molecule has 1 atom stereocenters. The van der Waals surface area contributed by atoms with Crippen LogP contribution < -0.4 is 18.9 Å². The van der Waals surface area contributed by atoms with Gasteiger partial charge in [0.15, 0.2) is 23.0 Å². The van der Waals surface area contributed by atoms with Crippen molar-refractivity contribution in [3.05, 3.63) is 46.5 Å². The summed E-state index contributed by atoms with van der Waals surface area (Å²) in [6, 6.07) is 8.46. The Bertz CT molecular complexity index is 978. The number of nitrogens with zero attached hydrogens (tertiary/aromatic N) is 1. The summed E-state index contributed by atoms with van der Waals surface area (Å²) in [5.41, 5.74) is 5.09. The summed E-state index contributed by atoms with van der Waals surface area (Å²) < 4.78 is 28.5. The van der Waals surface area contributed by atoms with Crippen LogP contribution in [0.1, 0.15) is 48.6 Å². The molecular formula is C26H36ClNO5. The molecule has 2 aliphatic rings. The predicted molar refractivity (Wildman–Crippen MR) is 132 cm³/mol. The quantitative estimate of drug-likeness (QED) is 0.563. The monoisotopic (exact) mass is 477 g/mol. The summed E-state index contributed by atoms with van der Waals surface area (Å²) in [7, 11) is 6.75. The lowest BCUT2D eigenvalue weighted by Crippen LogP contribution is -2.36. The van der Waals surface area contributed by atoms with Crippen molar-refractivity contribution in [3.63, 3.8) is 0 Å². The van der Waals surface area contributed by atoms with E-state index < -0.39 is 0 Å². The summed E-state index contributed by atoms with van der Waals surface area (Å²) in [5, 5.41) is 0. The minimum atomic E-state index is -0.0644. The first-order valence-electron chi connectivity index (χ1n) is 11.2. The SMILES string of the molecule is COc1cc2c(cc1OC)CN(CCC1OCC(C)(C)c3cc(OC)c(OC)cc31)CC2.Cl. The number of rotatable bonds is 7. The lowest BCUT2D eigenvalue weighted by molar-refractivity contribution is -0.00395. The van der Waals surface area contributed by atoms with Crippen molar-refractivity contribution >= 4 is 12.4 Å². The van der Waals surface area contributed by atoms with E-state index >= 15 is 0 Å². The van der Waals surface area contributed by atoms with Crippen molar-refractivity contribution in [1.29, 1.82) is 0 Å². The number of fused-ring (bicyclic) bond motifs is 2. The van der Waals surface area contributed by atoms with E-state index in [-0.39, 0.29) is 23.9 Å². The fourth-order valence-corrected chi connectivity index (χ4v) is 4.89. The van der Waals surface area contributed by atoms with Gasteiger partial charge in [0, 0.05) is 25.0 Å². The molecule has 4 rings (SSSR count). The third-order valence-corrected chi connectivity index (χ3v) is 6.78. The zero-order valence-corrected chi connectivity index (χ0v) is 21.3. The molecule has 6 nitrogen and oxygen atoms in total. The van der Waals surface area contributed by atoms with Crippen LogP contribution in [-0.2, 0) is 23.1 Å². The van der Waals surface area contributed by atoms with Gasteiger partial charge >= 0.3 is 0 Å². The smallest absolute Gasteiger partial charge is 0.161 e. The van der Waals surface area contributed by atoms with Crippen LogP contribution in [0.5, 0.6) is 23.0 Å². The first-order chi connectivity index (χ1) is 15.4.